The molecule has 0 fully saturated rings. The summed E-state index contributed by atoms with van der Waals surface area (Å²) in [6.45, 7) is 1.48. The van der Waals surface area contributed by atoms with Gasteiger partial charge in [0, 0.05) is 0 Å². The number of carboxylic acids is 1. The molecule has 6 heteroatoms. The highest BCUT2D eigenvalue weighted by molar-refractivity contribution is 9.10. The number of aliphatic carboxylic acids is 1. The molecule has 1 aliphatic heterocycles. The minimum absolute atomic E-state index is 0.197. The smallest absolute Gasteiger partial charge is 0.351 e. The summed E-state index contributed by atoms with van der Waals surface area (Å²) < 4.78 is 5.83. The van der Waals surface area contributed by atoms with Crippen LogP contribution in [-0.4, -0.2) is 22.4 Å². The van der Waals surface area contributed by atoms with Gasteiger partial charge < -0.3 is 14.4 Å². The first kappa shape index (κ1) is 10.2. The topological polar surface area (TPSA) is 72.0 Å². The maximum atomic E-state index is 10.9. The molecule has 0 radical (unpaired) electrons. The van der Waals surface area contributed by atoms with Crippen LogP contribution in [0.3, 0.4) is 0 Å². The minimum atomic E-state index is -1.28. The van der Waals surface area contributed by atoms with Crippen LogP contribution in [0.25, 0.3) is 0 Å². The average Bonchev–Trinajstić information content (AvgIpc) is 2.73. The van der Waals surface area contributed by atoms with Gasteiger partial charge in [-0.2, -0.15) is 0 Å². The van der Waals surface area contributed by atoms with E-state index in [1.807, 2.05) is 0 Å². The Morgan fingerprint density at radius 3 is 2.87 bits per heavy atom. The fraction of sp³-hybridized carbons (Fsp3) is 0.333. The Morgan fingerprint density at radius 2 is 2.40 bits per heavy atom. The summed E-state index contributed by atoms with van der Waals surface area (Å²) in [5.74, 6) is -0.515. The molecule has 1 atom stereocenters. The first-order valence-corrected chi connectivity index (χ1v) is 5.05. The van der Waals surface area contributed by atoms with Gasteiger partial charge in [0.25, 0.3) is 0 Å². The van der Waals surface area contributed by atoms with Crippen molar-refractivity contribution in [1.29, 1.82) is 0 Å². The molecular weight excluding hydrogens is 266 g/mol. The third-order valence-corrected chi connectivity index (χ3v) is 2.60. The Bertz CT molecular complexity index is 439. The second-order valence-electron chi connectivity index (χ2n) is 3.45. The molecule has 80 valence electrons. The molecule has 1 unspecified atom stereocenters. The molecule has 0 aromatic carbocycles. The van der Waals surface area contributed by atoms with Gasteiger partial charge in [-0.15, -0.1) is 0 Å². The molecule has 0 bridgehead atoms. The lowest BCUT2D eigenvalue weighted by molar-refractivity contribution is -0.160. The normalized spacial score (nSPS) is 24.8. The number of carbonyl (C=O) groups is 1. The van der Waals surface area contributed by atoms with Crippen LogP contribution >= 0.6 is 15.9 Å². The number of hydrogen-bond acceptors (Lipinski definition) is 4. The van der Waals surface area contributed by atoms with E-state index in [2.05, 4.69) is 21.1 Å². The van der Waals surface area contributed by atoms with Crippen LogP contribution in [0, 0.1) is 0 Å². The van der Waals surface area contributed by atoms with Crippen LogP contribution in [0.5, 0.6) is 0 Å². The summed E-state index contributed by atoms with van der Waals surface area (Å²) in [5.41, 5.74) is -0.778. The Kier molecular flexibility index (Phi) is 2.30. The van der Waals surface area contributed by atoms with Crippen molar-refractivity contribution in [2.45, 2.75) is 18.9 Å². The van der Waals surface area contributed by atoms with Crippen molar-refractivity contribution < 1.29 is 19.2 Å². The number of carboxylic acid groups (broad SMARTS) is 1. The quantitative estimate of drug-likeness (QED) is 0.895. The number of nitrogens with zero attached hydrogens (tertiary/aromatic N) is 1. The molecule has 1 aromatic rings. The number of furan rings is 1. The molecule has 1 aliphatic rings. The predicted octanol–water partition coefficient (Wildman–Crippen LogP) is 2.01. The van der Waals surface area contributed by atoms with Crippen LogP contribution in [0.2, 0.25) is 0 Å². The van der Waals surface area contributed by atoms with E-state index in [0.717, 1.165) is 0 Å². The third kappa shape index (κ3) is 1.77. The molecule has 0 aliphatic carbocycles. The lowest BCUT2D eigenvalue weighted by Crippen LogP contribution is -2.35. The van der Waals surface area contributed by atoms with Crippen molar-refractivity contribution in [1.82, 2.24) is 0 Å². The summed E-state index contributed by atoms with van der Waals surface area (Å²) in [5, 5.41) is 12.6. The molecule has 0 saturated carbocycles. The maximum Gasteiger partial charge on any atom is 0.351 e. The Morgan fingerprint density at radius 1 is 1.67 bits per heavy atom. The first-order chi connectivity index (χ1) is 7.01. The van der Waals surface area contributed by atoms with Gasteiger partial charge in [-0.1, -0.05) is 5.16 Å². The highest BCUT2D eigenvalue weighted by atomic mass is 79.9. The number of hydrogen-bond donors (Lipinski definition) is 1. The van der Waals surface area contributed by atoms with Crippen molar-refractivity contribution in [2.24, 2.45) is 5.16 Å². The Labute approximate surface area is 93.8 Å². The van der Waals surface area contributed by atoms with E-state index in [0.29, 0.717) is 16.1 Å². The molecule has 5 nitrogen and oxygen atoms in total. The van der Waals surface area contributed by atoms with E-state index < -0.39 is 11.6 Å². The van der Waals surface area contributed by atoms with Crippen molar-refractivity contribution in [2.75, 3.05) is 0 Å². The molecule has 0 amide bonds. The van der Waals surface area contributed by atoms with E-state index in [1.54, 1.807) is 12.1 Å². The SMILES string of the molecule is CC1(C(=O)O)CC(c2ccc(Br)o2)=NO1. The lowest BCUT2D eigenvalue weighted by Gasteiger charge is -2.14. The van der Waals surface area contributed by atoms with E-state index in [4.69, 9.17) is 14.4 Å². The molecule has 1 N–H and O–H groups in total. The largest absolute Gasteiger partial charge is 0.478 e. The molecule has 2 rings (SSSR count). The third-order valence-electron chi connectivity index (χ3n) is 2.17. The Balaban J connectivity index is 2.20. The Hall–Kier alpha value is -1.30. The summed E-state index contributed by atoms with van der Waals surface area (Å²) in [6, 6.07) is 3.42. The van der Waals surface area contributed by atoms with Gasteiger partial charge in [0.2, 0.25) is 5.60 Å². The highest BCUT2D eigenvalue weighted by Crippen LogP contribution is 2.28. The fourth-order valence-electron chi connectivity index (χ4n) is 1.26. The zero-order chi connectivity index (χ0) is 11.1. The van der Waals surface area contributed by atoms with Gasteiger partial charge in [0.15, 0.2) is 10.4 Å². The van der Waals surface area contributed by atoms with Crippen molar-refractivity contribution in [3.8, 4) is 0 Å². The second kappa shape index (κ2) is 3.37. The summed E-state index contributed by atoms with van der Waals surface area (Å²) in [6.07, 6.45) is 0.197. The minimum Gasteiger partial charge on any atom is -0.478 e. The van der Waals surface area contributed by atoms with Crippen LogP contribution in [0.1, 0.15) is 19.1 Å². The van der Waals surface area contributed by atoms with Gasteiger partial charge in [-0.25, -0.2) is 4.79 Å². The first-order valence-electron chi connectivity index (χ1n) is 4.25. The molecule has 15 heavy (non-hydrogen) atoms. The van der Waals surface area contributed by atoms with Crippen LogP contribution in [0.4, 0.5) is 0 Å². The monoisotopic (exact) mass is 273 g/mol. The van der Waals surface area contributed by atoms with E-state index in [-0.39, 0.29) is 6.42 Å². The lowest BCUT2D eigenvalue weighted by atomic mass is 9.99. The van der Waals surface area contributed by atoms with Gasteiger partial charge in [-0.3, -0.25) is 0 Å². The van der Waals surface area contributed by atoms with E-state index in [9.17, 15) is 4.79 Å². The van der Waals surface area contributed by atoms with Crippen LogP contribution < -0.4 is 0 Å². The second-order valence-corrected chi connectivity index (χ2v) is 4.23. The average molecular weight is 274 g/mol. The standard InChI is InChI=1S/C9H8BrNO4/c1-9(8(12)13)4-5(11-15-9)6-2-3-7(10)14-6/h2-3H,4H2,1H3,(H,12,13). The molecule has 0 spiro atoms. The number of halogens is 1. The van der Waals surface area contributed by atoms with Gasteiger partial charge in [0.1, 0.15) is 5.71 Å². The van der Waals surface area contributed by atoms with Gasteiger partial charge >= 0.3 is 5.97 Å². The van der Waals surface area contributed by atoms with Gasteiger partial charge in [0.05, 0.1) is 6.42 Å². The van der Waals surface area contributed by atoms with Crippen LogP contribution in [0.15, 0.2) is 26.4 Å². The highest BCUT2D eigenvalue weighted by Gasteiger charge is 2.43. The fourth-order valence-corrected chi connectivity index (χ4v) is 1.56. The zero-order valence-electron chi connectivity index (χ0n) is 7.86. The summed E-state index contributed by atoms with van der Waals surface area (Å²) >= 11 is 3.16. The van der Waals surface area contributed by atoms with Crippen molar-refractivity contribution in [3.05, 3.63) is 22.6 Å². The molecule has 0 saturated heterocycles. The molecule has 2 heterocycles. The van der Waals surface area contributed by atoms with Crippen molar-refractivity contribution in [3.63, 3.8) is 0 Å². The number of rotatable bonds is 2. The van der Waals surface area contributed by atoms with Crippen molar-refractivity contribution >= 4 is 27.6 Å². The zero-order valence-corrected chi connectivity index (χ0v) is 9.44. The summed E-state index contributed by atoms with van der Waals surface area (Å²) in [4.78, 5) is 15.8. The number of oxime groups is 1. The summed E-state index contributed by atoms with van der Waals surface area (Å²) in [7, 11) is 0. The van der Waals surface area contributed by atoms with E-state index in [1.165, 1.54) is 6.92 Å². The van der Waals surface area contributed by atoms with Gasteiger partial charge in [-0.05, 0) is 35.0 Å². The maximum absolute atomic E-state index is 10.9. The molecule has 1 aromatic heterocycles. The molecular formula is C9H8BrNO4. The predicted molar refractivity (Wildman–Crippen MR) is 54.7 cm³/mol. The van der Waals surface area contributed by atoms with E-state index >= 15 is 0 Å². The van der Waals surface area contributed by atoms with Crippen LogP contribution in [-0.2, 0) is 9.63 Å².